The number of thiazole rings is 1. The number of benzene rings is 1. The molecule has 1 aliphatic carbocycles. The van der Waals surface area contributed by atoms with E-state index in [4.69, 9.17) is 11.6 Å². The predicted octanol–water partition coefficient (Wildman–Crippen LogP) is 4.81. The monoisotopic (exact) mass is 406 g/mol. The van der Waals surface area contributed by atoms with Crippen LogP contribution in [0.25, 0.3) is 0 Å². The fourth-order valence-corrected chi connectivity index (χ4v) is 4.37. The normalized spacial score (nSPS) is 15.5. The molecule has 1 heterocycles. The maximum absolute atomic E-state index is 13.0. The van der Waals surface area contributed by atoms with E-state index in [1.807, 2.05) is 24.3 Å². The van der Waals surface area contributed by atoms with Gasteiger partial charge in [0, 0.05) is 10.4 Å². The standard InChI is InChI=1S/C20H23ClN2O3S/c1-26-18(24)11-16-12-27-20(22-16)23-19(25)17(10-13-4-2-3-5-13)14-6-8-15(21)9-7-14/h6-9,12-13,17H,2-5,10-11H2,1H3,(H,22,23,25). The Morgan fingerprint density at radius 3 is 2.67 bits per heavy atom. The summed E-state index contributed by atoms with van der Waals surface area (Å²) in [6, 6.07) is 7.49. The molecule has 1 N–H and O–H groups in total. The lowest BCUT2D eigenvalue weighted by molar-refractivity contribution is -0.139. The fourth-order valence-electron chi connectivity index (χ4n) is 3.53. The highest BCUT2D eigenvalue weighted by molar-refractivity contribution is 7.13. The van der Waals surface area contributed by atoms with Crippen LogP contribution < -0.4 is 5.32 Å². The van der Waals surface area contributed by atoms with Crippen molar-refractivity contribution in [3.05, 3.63) is 45.9 Å². The number of hydrogen-bond donors (Lipinski definition) is 1. The smallest absolute Gasteiger partial charge is 0.311 e. The van der Waals surface area contributed by atoms with Crippen molar-refractivity contribution in [1.82, 2.24) is 4.98 Å². The van der Waals surface area contributed by atoms with Crippen LogP contribution in [0.5, 0.6) is 0 Å². The van der Waals surface area contributed by atoms with Crippen molar-refractivity contribution in [3.8, 4) is 0 Å². The minimum Gasteiger partial charge on any atom is -0.469 e. The van der Waals surface area contributed by atoms with Gasteiger partial charge < -0.3 is 10.1 Å². The number of anilines is 1. The third-order valence-electron chi connectivity index (χ3n) is 4.97. The van der Waals surface area contributed by atoms with E-state index in [1.165, 1.54) is 44.1 Å². The number of rotatable bonds is 7. The Kier molecular flexibility index (Phi) is 6.85. The molecule has 1 saturated carbocycles. The van der Waals surface area contributed by atoms with Gasteiger partial charge in [-0.15, -0.1) is 11.3 Å². The number of methoxy groups -OCH3 is 1. The molecule has 0 bridgehead atoms. The lowest BCUT2D eigenvalue weighted by Crippen LogP contribution is -2.23. The van der Waals surface area contributed by atoms with Gasteiger partial charge in [-0.2, -0.15) is 0 Å². The third kappa shape index (κ3) is 5.53. The van der Waals surface area contributed by atoms with Crippen LogP contribution in [0.1, 0.15) is 49.3 Å². The van der Waals surface area contributed by atoms with E-state index >= 15 is 0 Å². The largest absolute Gasteiger partial charge is 0.469 e. The maximum atomic E-state index is 13.0. The van der Waals surface area contributed by atoms with E-state index in [0.29, 0.717) is 21.8 Å². The fraction of sp³-hybridized carbons (Fsp3) is 0.450. The minimum atomic E-state index is -0.349. The second kappa shape index (κ2) is 9.33. The summed E-state index contributed by atoms with van der Waals surface area (Å²) in [5, 5.41) is 5.85. The molecule has 1 fully saturated rings. The highest BCUT2D eigenvalue weighted by Gasteiger charge is 2.27. The molecule has 3 rings (SSSR count). The molecule has 0 saturated heterocycles. The number of amides is 1. The molecule has 27 heavy (non-hydrogen) atoms. The average Bonchev–Trinajstić information content (AvgIpc) is 3.32. The van der Waals surface area contributed by atoms with E-state index in [0.717, 1.165) is 12.0 Å². The topological polar surface area (TPSA) is 68.3 Å². The maximum Gasteiger partial charge on any atom is 0.311 e. The Morgan fingerprint density at radius 2 is 2.00 bits per heavy atom. The lowest BCUT2D eigenvalue weighted by Gasteiger charge is -2.20. The van der Waals surface area contributed by atoms with Gasteiger partial charge in [0.1, 0.15) is 0 Å². The number of carbonyl (C=O) groups excluding carboxylic acids is 2. The molecule has 1 atom stereocenters. The van der Waals surface area contributed by atoms with E-state index in [9.17, 15) is 9.59 Å². The second-order valence-corrected chi connectivity index (χ2v) is 8.17. The van der Waals surface area contributed by atoms with Crippen molar-refractivity contribution in [2.24, 2.45) is 5.92 Å². The van der Waals surface area contributed by atoms with Gasteiger partial charge in [-0.1, -0.05) is 49.4 Å². The minimum absolute atomic E-state index is 0.0665. The third-order valence-corrected chi connectivity index (χ3v) is 6.03. The Hall–Kier alpha value is -1.92. The van der Waals surface area contributed by atoms with E-state index in [-0.39, 0.29) is 24.2 Å². The van der Waals surface area contributed by atoms with Gasteiger partial charge in [0.05, 0.1) is 25.1 Å². The summed E-state index contributed by atoms with van der Waals surface area (Å²) >= 11 is 7.32. The Labute approximate surface area is 168 Å². The molecule has 0 radical (unpaired) electrons. The SMILES string of the molecule is COC(=O)Cc1csc(NC(=O)C(CC2CCCC2)c2ccc(Cl)cc2)n1. The number of nitrogens with one attached hydrogen (secondary N) is 1. The average molecular weight is 407 g/mol. The summed E-state index contributed by atoms with van der Waals surface area (Å²) in [7, 11) is 1.34. The van der Waals surface area contributed by atoms with Gasteiger partial charge in [0.25, 0.3) is 0 Å². The molecule has 144 valence electrons. The second-order valence-electron chi connectivity index (χ2n) is 6.88. The summed E-state index contributed by atoms with van der Waals surface area (Å²) in [5.74, 6) is -0.0810. The van der Waals surface area contributed by atoms with Crippen LogP contribution in [0.3, 0.4) is 0 Å². The van der Waals surface area contributed by atoms with Crippen LogP contribution in [0.4, 0.5) is 5.13 Å². The summed E-state index contributed by atoms with van der Waals surface area (Å²) in [6.07, 6.45) is 5.77. The van der Waals surface area contributed by atoms with Gasteiger partial charge in [-0.25, -0.2) is 4.98 Å². The summed E-state index contributed by atoms with van der Waals surface area (Å²) in [5.41, 5.74) is 1.57. The predicted molar refractivity (Wildman–Crippen MR) is 107 cm³/mol. The molecule has 5 nitrogen and oxygen atoms in total. The number of halogens is 1. The number of esters is 1. The van der Waals surface area contributed by atoms with Crippen molar-refractivity contribution in [3.63, 3.8) is 0 Å². The summed E-state index contributed by atoms with van der Waals surface area (Å²) < 4.78 is 4.65. The molecule has 2 aromatic rings. The number of carbonyl (C=O) groups is 2. The number of aromatic nitrogens is 1. The Balaban J connectivity index is 1.72. The molecule has 1 amide bonds. The summed E-state index contributed by atoms with van der Waals surface area (Å²) in [6.45, 7) is 0. The Morgan fingerprint density at radius 1 is 1.30 bits per heavy atom. The van der Waals surface area contributed by atoms with Crippen molar-refractivity contribution >= 4 is 39.9 Å². The molecule has 1 aromatic carbocycles. The quantitative estimate of drug-likeness (QED) is 0.669. The van der Waals surface area contributed by atoms with Gasteiger partial charge in [-0.05, 0) is 30.0 Å². The van der Waals surface area contributed by atoms with Gasteiger partial charge >= 0.3 is 5.97 Å². The van der Waals surface area contributed by atoms with E-state index < -0.39 is 0 Å². The molecular weight excluding hydrogens is 384 g/mol. The zero-order chi connectivity index (χ0) is 19.2. The zero-order valence-corrected chi connectivity index (χ0v) is 16.8. The van der Waals surface area contributed by atoms with Crippen molar-refractivity contribution in [1.29, 1.82) is 0 Å². The van der Waals surface area contributed by atoms with Gasteiger partial charge in [0.15, 0.2) is 5.13 Å². The number of nitrogens with zero attached hydrogens (tertiary/aromatic N) is 1. The summed E-state index contributed by atoms with van der Waals surface area (Å²) in [4.78, 5) is 28.7. The first-order valence-corrected chi connectivity index (χ1v) is 10.4. The molecule has 0 spiro atoms. The highest BCUT2D eigenvalue weighted by Crippen LogP contribution is 2.35. The molecule has 1 aliphatic rings. The molecular formula is C20H23ClN2O3S. The van der Waals surface area contributed by atoms with Crippen LogP contribution in [0.15, 0.2) is 29.6 Å². The molecule has 0 aliphatic heterocycles. The highest BCUT2D eigenvalue weighted by atomic mass is 35.5. The van der Waals surface area contributed by atoms with E-state index in [1.54, 1.807) is 5.38 Å². The Bertz CT molecular complexity index is 785. The van der Waals surface area contributed by atoms with E-state index in [2.05, 4.69) is 15.0 Å². The van der Waals surface area contributed by atoms with Gasteiger partial charge in [0.2, 0.25) is 5.91 Å². The van der Waals surface area contributed by atoms with Crippen LogP contribution in [-0.2, 0) is 20.7 Å². The van der Waals surface area contributed by atoms with Crippen LogP contribution in [0.2, 0.25) is 5.02 Å². The first-order chi connectivity index (χ1) is 13.0. The first kappa shape index (κ1) is 19.8. The molecule has 1 unspecified atom stereocenters. The van der Waals surface area contributed by atoms with Crippen molar-refractivity contribution in [2.75, 3.05) is 12.4 Å². The first-order valence-electron chi connectivity index (χ1n) is 9.12. The zero-order valence-electron chi connectivity index (χ0n) is 15.2. The number of hydrogen-bond acceptors (Lipinski definition) is 5. The van der Waals surface area contributed by atoms with Crippen LogP contribution in [-0.4, -0.2) is 24.0 Å². The van der Waals surface area contributed by atoms with Crippen LogP contribution in [0, 0.1) is 5.92 Å². The number of ether oxygens (including phenoxy) is 1. The van der Waals surface area contributed by atoms with Crippen LogP contribution >= 0.6 is 22.9 Å². The molecule has 1 aromatic heterocycles. The van der Waals surface area contributed by atoms with Crippen molar-refractivity contribution < 1.29 is 14.3 Å². The molecule has 7 heteroatoms. The van der Waals surface area contributed by atoms with Crippen molar-refractivity contribution in [2.45, 2.75) is 44.4 Å². The lowest BCUT2D eigenvalue weighted by atomic mass is 9.87. The van der Waals surface area contributed by atoms with Gasteiger partial charge in [-0.3, -0.25) is 9.59 Å².